The lowest BCUT2D eigenvalue weighted by molar-refractivity contribution is 1.11. The van der Waals surface area contributed by atoms with Gasteiger partial charge in [0.2, 0.25) is 0 Å². The molecule has 3 nitrogen and oxygen atoms in total. The Labute approximate surface area is 154 Å². The topological polar surface area (TPSA) is 49.6 Å². The number of hydrogen-bond donors (Lipinski definition) is 0. The molecule has 0 saturated heterocycles. The van der Waals surface area contributed by atoms with E-state index in [0.29, 0.717) is 5.75 Å². The van der Waals surface area contributed by atoms with Crippen molar-refractivity contribution in [2.45, 2.75) is 10.8 Å². The molecule has 0 radical (unpaired) electrons. The Hall–Kier alpha value is -2.68. The van der Waals surface area contributed by atoms with Gasteiger partial charge in [-0.2, -0.15) is 5.26 Å². The van der Waals surface area contributed by atoms with E-state index in [4.69, 9.17) is 0 Å². The van der Waals surface area contributed by atoms with Crippen LogP contribution in [0.15, 0.2) is 72.0 Å². The van der Waals surface area contributed by atoms with Gasteiger partial charge in [0, 0.05) is 16.0 Å². The average Bonchev–Trinajstić information content (AvgIpc) is 3.12. The van der Waals surface area contributed by atoms with Crippen LogP contribution < -0.4 is 0 Å². The number of thioether (sulfide) groups is 1. The molecule has 4 aromatic rings. The Bertz CT molecular complexity index is 1070. The van der Waals surface area contributed by atoms with Crippen molar-refractivity contribution in [3.05, 3.63) is 78.1 Å². The first-order chi connectivity index (χ1) is 12.3. The largest absolute Gasteiger partial charge is 0.229 e. The fraction of sp³-hybridized carbons (Fsp3) is 0.0500. The van der Waals surface area contributed by atoms with Gasteiger partial charge in [0.15, 0.2) is 0 Å². The van der Waals surface area contributed by atoms with E-state index >= 15 is 0 Å². The third-order valence-electron chi connectivity index (χ3n) is 3.85. The van der Waals surface area contributed by atoms with Crippen molar-refractivity contribution in [2.24, 2.45) is 0 Å². The van der Waals surface area contributed by atoms with E-state index in [9.17, 15) is 5.26 Å². The zero-order valence-corrected chi connectivity index (χ0v) is 14.8. The van der Waals surface area contributed by atoms with Crippen LogP contribution in [-0.2, 0) is 5.75 Å². The van der Waals surface area contributed by atoms with Crippen molar-refractivity contribution in [1.29, 1.82) is 5.26 Å². The van der Waals surface area contributed by atoms with Crippen molar-refractivity contribution in [3.63, 3.8) is 0 Å². The van der Waals surface area contributed by atoms with Gasteiger partial charge in [-0.3, -0.25) is 0 Å². The minimum Gasteiger partial charge on any atom is -0.229 e. The van der Waals surface area contributed by atoms with Gasteiger partial charge < -0.3 is 0 Å². The second kappa shape index (κ2) is 7.06. The molecule has 0 bridgehead atoms. The maximum atomic E-state index is 9.23. The molecule has 0 spiro atoms. The highest BCUT2D eigenvalue weighted by atomic mass is 32.2. The van der Waals surface area contributed by atoms with Crippen LogP contribution in [0.5, 0.6) is 0 Å². The summed E-state index contributed by atoms with van der Waals surface area (Å²) in [6, 6.07) is 22.4. The SMILES string of the molecule is N#Cc1ccccc1CSc1ncnc2sc(-c3ccccc3)cc12. The molecule has 2 aromatic carbocycles. The molecular weight excluding hydrogens is 346 g/mol. The molecule has 25 heavy (non-hydrogen) atoms. The van der Waals surface area contributed by atoms with Gasteiger partial charge in [-0.25, -0.2) is 9.97 Å². The van der Waals surface area contributed by atoms with E-state index in [2.05, 4.69) is 34.2 Å². The third kappa shape index (κ3) is 3.27. The van der Waals surface area contributed by atoms with Crippen LogP contribution in [0.1, 0.15) is 11.1 Å². The molecule has 120 valence electrons. The van der Waals surface area contributed by atoms with Crippen LogP contribution in [0.3, 0.4) is 0 Å². The zero-order chi connectivity index (χ0) is 17.1. The predicted octanol–water partition coefficient (Wildman–Crippen LogP) is 5.52. The molecule has 2 heterocycles. The molecule has 4 rings (SSSR count). The van der Waals surface area contributed by atoms with E-state index in [1.54, 1.807) is 29.4 Å². The smallest absolute Gasteiger partial charge is 0.128 e. The summed E-state index contributed by atoms with van der Waals surface area (Å²) in [6.07, 6.45) is 1.62. The quantitative estimate of drug-likeness (QED) is 0.355. The lowest BCUT2D eigenvalue weighted by Crippen LogP contribution is -1.88. The van der Waals surface area contributed by atoms with E-state index in [1.165, 1.54) is 10.4 Å². The molecule has 2 aromatic heterocycles. The van der Waals surface area contributed by atoms with Crippen molar-refractivity contribution in [1.82, 2.24) is 9.97 Å². The molecule has 0 unspecified atom stereocenters. The molecule has 0 aliphatic carbocycles. The predicted molar refractivity (Wildman–Crippen MR) is 104 cm³/mol. The Kier molecular flexibility index (Phi) is 4.47. The fourth-order valence-electron chi connectivity index (χ4n) is 2.59. The number of rotatable bonds is 4. The number of aromatic nitrogens is 2. The molecule has 0 amide bonds. The molecular formula is C20H13N3S2. The second-order valence-electron chi connectivity index (χ2n) is 5.43. The van der Waals surface area contributed by atoms with Crippen molar-refractivity contribution >= 4 is 33.3 Å². The minimum absolute atomic E-state index is 0.715. The number of nitriles is 1. The highest BCUT2D eigenvalue weighted by Crippen LogP contribution is 2.37. The maximum absolute atomic E-state index is 9.23. The summed E-state index contributed by atoms with van der Waals surface area (Å²) in [4.78, 5) is 11.1. The van der Waals surface area contributed by atoms with Crippen molar-refractivity contribution in [2.75, 3.05) is 0 Å². The first-order valence-electron chi connectivity index (χ1n) is 7.76. The van der Waals surface area contributed by atoms with Gasteiger partial charge in [0.05, 0.1) is 11.6 Å². The van der Waals surface area contributed by atoms with Gasteiger partial charge in [0.25, 0.3) is 0 Å². The van der Waals surface area contributed by atoms with Crippen LogP contribution >= 0.6 is 23.1 Å². The van der Waals surface area contributed by atoms with Gasteiger partial charge in [-0.05, 0) is 23.3 Å². The first-order valence-corrected chi connectivity index (χ1v) is 9.56. The third-order valence-corrected chi connectivity index (χ3v) is 6.00. The normalized spacial score (nSPS) is 10.7. The van der Waals surface area contributed by atoms with Crippen LogP contribution in [0.4, 0.5) is 0 Å². The summed E-state index contributed by atoms with van der Waals surface area (Å²) in [7, 11) is 0. The van der Waals surface area contributed by atoms with E-state index in [0.717, 1.165) is 26.4 Å². The Balaban J connectivity index is 1.66. The summed E-state index contributed by atoms with van der Waals surface area (Å²) in [5.41, 5.74) is 2.94. The number of benzene rings is 2. The molecule has 5 heteroatoms. The van der Waals surface area contributed by atoms with Crippen LogP contribution in [0, 0.1) is 11.3 Å². The van der Waals surface area contributed by atoms with Crippen molar-refractivity contribution in [3.8, 4) is 16.5 Å². The van der Waals surface area contributed by atoms with Crippen LogP contribution in [0.25, 0.3) is 20.7 Å². The van der Waals surface area contributed by atoms with Gasteiger partial charge >= 0.3 is 0 Å². The summed E-state index contributed by atoms with van der Waals surface area (Å²) in [5, 5.41) is 11.3. The van der Waals surface area contributed by atoms with E-state index < -0.39 is 0 Å². The first kappa shape index (κ1) is 15.8. The molecule has 0 N–H and O–H groups in total. The minimum atomic E-state index is 0.715. The number of thiophene rings is 1. The number of nitrogens with zero attached hydrogens (tertiary/aromatic N) is 3. The Morgan fingerprint density at radius 3 is 2.64 bits per heavy atom. The average molecular weight is 359 g/mol. The standard InChI is InChI=1S/C20H13N3S2/c21-11-15-8-4-5-9-16(15)12-24-19-17-10-18(14-6-2-1-3-7-14)25-20(17)23-13-22-19/h1-10,13H,12H2. The summed E-state index contributed by atoms with van der Waals surface area (Å²) >= 11 is 3.32. The number of hydrogen-bond acceptors (Lipinski definition) is 5. The van der Waals surface area contributed by atoms with E-state index in [1.807, 2.05) is 42.5 Å². The summed E-state index contributed by atoms with van der Waals surface area (Å²) in [6.45, 7) is 0. The maximum Gasteiger partial charge on any atom is 0.128 e. The van der Waals surface area contributed by atoms with Crippen molar-refractivity contribution < 1.29 is 0 Å². The lowest BCUT2D eigenvalue weighted by atomic mass is 10.1. The van der Waals surface area contributed by atoms with E-state index in [-0.39, 0.29) is 0 Å². The fourth-order valence-corrected chi connectivity index (χ4v) is 4.64. The second-order valence-corrected chi connectivity index (χ2v) is 7.43. The molecule has 0 aliphatic rings. The molecule has 0 aliphatic heterocycles. The molecule has 0 atom stereocenters. The molecule has 0 saturated carbocycles. The Morgan fingerprint density at radius 1 is 1.00 bits per heavy atom. The highest BCUT2D eigenvalue weighted by molar-refractivity contribution is 7.98. The molecule has 0 fully saturated rings. The highest BCUT2D eigenvalue weighted by Gasteiger charge is 2.11. The monoisotopic (exact) mass is 359 g/mol. The summed E-state index contributed by atoms with van der Waals surface area (Å²) < 4.78 is 0. The van der Waals surface area contributed by atoms with Gasteiger partial charge in [0.1, 0.15) is 16.2 Å². The van der Waals surface area contributed by atoms with Gasteiger partial charge in [-0.1, -0.05) is 48.5 Å². The zero-order valence-electron chi connectivity index (χ0n) is 13.2. The van der Waals surface area contributed by atoms with Crippen LogP contribution in [-0.4, -0.2) is 9.97 Å². The van der Waals surface area contributed by atoms with Crippen LogP contribution in [0.2, 0.25) is 0 Å². The lowest BCUT2D eigenvalue weighted by Gasteiger charge is -2.04. The Morgan fingerprint density at radius 2 is 1.80 bits per heavy atom. The van der Waals surface area contributed by atoms with Gasteiger partial charge in [-0.15, -0.1) is 23.1 Å². The summed E-state index contributed by atoms with van der Waals surface area (Å²) in [5.74, 6) is 0.715. The number of fused-ring (bicyclic) bond motifs is 1.